The molecule has 0 aromatic heterocycles. The maximum atomic E-state index is 12.5. The van der Waals surface area contributed by atoms with Gasteiger partial charge in [0, 0.05) is 50.9 Å². The Labute approximate surface area is 120 Å². The summed E-state index contributed by atoms with van der Waals surface area (Å²) < 4.78 is 0. The number of amides is 1. The van der Waals surface area contributed by atoms with E-state index in [-0.39, 0.29) is 5.91 Å². The van der Waals surface area contributed by atoms with E-state index in [1.54, 1.807) is 0 Å². The van der Waals surface area contributed by atoms with E-state index in [4.69, 9.17) is 0 Å². The minimum Gasteiger partial charge on any atom is -0.336 e. The van der Waals surface area contributed by atoms with Crippen molar-refractivity contribution in [3.05, 3.63) is 35.4 Å². The largest absolute Gasteiger partial charge is 0.336 e. The third kappa shape index (κ3) is 2.72. The van der Waals surface area contributed by atoms with E-state index in [1.807, 2.05) is 17.0 Å². The van der Waals surface area contributed by atoms with Gasteiger partial charge in [-0.3, -0.25) is 9.69 Å². The zero-order valence-corrected chi connectivity index (χ0v) is 12.1. The zero-order valence-electron chi connectivity index (χ0n) is 12.1. The number of carbonyl (C=O) groups is 1. The van der Waals surface area contributed by atoms with Crippen LogP contribution in [0, 0.1) is 0 Å². The lowest BCUT2D eigenvalue weighted by molar-refractivity contribution is 0.0502. The summed E-state index contributed by atoms with van der Waals surface area (Å²) in [6, 6.07) is 8.73. The molecule has 0 atom stereocenters. The first-order chi connectivity index (χ1) is 9.78. The maximum Gasteiger partial charge on any atom is 0.253 e. The second-order valence-corrected chi connectivity index (χ2v) is 5.69. The van der Waals surface area contributed by atoms with E-state index in [0.717, 1.165) is 51.3 Å². The lowest BCUT2D eigenvalue weighted by atomic mass is 10.1. The van der Waals surface area contributed by atoms with Gasteiger partial charge in [-0.1, -0.05) is 19.1 Å². The molecule has 1 amide bonds. The molecule has 2 saturated heterocycles. The maximum absolute atomic E-state index is 12.5. The third-order valence-corrected chi connectivity index (χ3v) is 4.49. The standard InChI is InChI=1S/C16H23N3O/c1-2-13-3-5-14(6-4-13)16(20)19-9-7-18(8-10-19)15-11-17-12-15/h3-6,15,17H,2,7-12H2,1H3. The van der Waals surface area contributed by atoms with Gasteiger partial charge in [0.05, 0.1) is 0 Å². The van der Waals surface area contributed by atoms with Crippen LogP contribution in [0.5, 0.6) is 0 Å². The lowest BCUT2D eigenvalue weighted by Crippen LogP contribution is -2.62. The molecule has 108 valence electrons. The minimum atomic E-state index is 0.180. The van der Waals surface area contributed by atoms with Crippen molar-refractivity contribution in [1.82, 2.24) is 15.1 Å². The second-order valence-electron chi connectivity index (χ2n) is 5.69. The second kappa shape index (κ2) is 5.94. The first-order valence-electron chi connectivity index (χ1n) is 7.61. The molecule has 2 aliphatic heterocycles. The van der Waals surface area contributed by atoms with Gasteiger partial charge >= 0.3 is 0 Å². The topological polar surface area (TPSA) is 35.6 Å². The highest BCUT2D eigenvalue weighted by molar-refractivity contribution is 5.94. The average molecular weight is 273 g/mol. The Morgan fingerprint density at radius 2 is 1.80 bits per heavy atom. The normalized spacial score (nSPS) is 20.8. The van der Waals surface area contributed by atoms with Crippen molar-refractivity contribution in [2.45, 2.75) is 19.4 Å². The van der Waals surface area contributed by atoms with Gasteiger partial charge in [-0.05, 0) is 24.1 Å². The number of piperazine rings is 1. The summed E-state index contributed by atoms with van der Waals surface area (Å²) in [4.78, 5) is 16.9. The molecule has 3 rings (SSSR count). The van der Waals surface area contributed by atoms with Crippen LogP contribution in [0.1, 0.15) is 22.8 Å². The SMILES string of the molecule is CCc1ccc(C(=O)N2CCN(C3CNC3)CC2)cc1. The molecule has 2 aliphatic rings. The molecule has 1 aromatic carbocycles. The van der Waals surface area contributed by atoms with Crippen molar-refractivity contribution < 1.29 is 4.79 Å². The summed E-state index contributed by atoms with van der Waals surface area (Å²) >= 11 is 0. The molecule has 2 heterocycles. The van der Waals surface area contributed by atoms with Crippen molar-refractivity contribution in [1.29, 1.82) is 0 Å². The molecule has 20 heavy (non-hydrogen) atoms. The van der Waals surface area contributed by atoms with Crippen LogP contribution in [0.25, 0.3) is 0 Å². The summed E-state index contributed by atoms with van der Waals surface area (Å²) in [5, 5.41) is 3.31. The average Bonchev–Trinajstić information content (AvgIpc) is 2.46. The summed E-state index contributed by atoms with van der Waals surface area (Å²) in [6.45, 7) is 8.05. The van der Waals surface area contributed by atoms with Crippen molar-refractivity contribution in [2.24, 2.45) is 0 Å². The number of nitrogens with zero attached hydrogens (tertiary/aromatic N) is 2. The predicted octanol–water partition coefficient (Wildman–Crippen LogP) is 0.979. The molecule has 0 bridgehead atoms. The lowest BCUT2D eigenvalue weighted by Gasteiger charge is -2.43. The van der Waals surface area contributed by atoms with E-state index in [2.05, 4.69) is 29.3 Å². The first-order valence-corrected chi connectivity index (χ1v) is 7.61. The number of hydrogen-bond donors (Lipinski definition) is 1. The highest BCUT2D eigenvalue weighted by atomic mass is 16.2. The first kappa shape index (κ1) is 13.6. The molecule has 1 aromatic rings. The molecular formula is C16H23N3O. The van der Waals surface area contributed by atoms with Crippen LogP contribution in [-0.4, -0.2) is 61.0 Å². The van der Waals surface area contributed by atoms with Gasteiger partial charge in [0.15, 0.2) is 0 Å². The van der Waals surface area contributed by atoms with E-state index in [9.17, 15) is 4.79 Å². The number of aryl methyl sites for hydroxylation is 1. The Balaban J connectivity index is 1.57. The van der Waals surface area contributed by atoms with Crippen LogP contribution in [0.4, 0.5) is 0 Å². The highest BCUT2D eigenvalue weighted by Gasteiger charge is 2.29. The number of benzene rings is 1. The predicted molar refractivity (Wildman–Crippen MR) is 80.0 cm³/mol. The Hall–Kier alpha value is -1.39. The smallest absolute Gasteiger partial charge is 0.253 e. The van der Waals surface area contributed by atoms with Gasteiger partial charge in [-0.15, -0.1) is 0 Å². The van der Waals surface area contributed by atoms with E-state index >= 15 is 0 Å². The van der Waals surface area contributed by atoms with E-state index in [0.29, 0.717) is 6.04 Å². The Morgan fingerprint density at radius 3 is 2.30 bits per heavy atom. The zero-order chi connectivity index (χ0) is 13.9. The van der Waals surface area contributed by atoms with Crippen molar-refractivity contribution in [3.63, 3.8) is 0 Å². The molecule has 0 aliphatic carbocycles. The molecule has 4 heteroatoms. The van der Waals surface area contributed by atoms with Gasteiger partial charge in [0.2, 0.25) is 0 Å². The minimum absolute atomic E-state index is 0.180. The quantitative estimate of drug-likeness (QED) is 0.892. The number of hydrogen-bond acceptors (Lipinski definition) is 3. The molecule has 0 radical (unpaired) electrons. The molecule has 4 nitrogen and oxygen atoms in total. The van der Waals surface area contributed by atoms with Crippen molar-refractivity contribution in [2.75, 3.05) is 39.3 Å². The van der Waals surface area contributed by atoms with Crippen molar-refractivity contribution >= 4 is 5.91 Å². The van der Waals surface area contributed by atoms with Crippen LogP contribution in [0.15, 0.2) is 24.3 Å². The Kier molecular flexibility index (Phi) is 4.03. The fraction of sp³-hybridized carbons (Fsp3) is 0.562. The summed E-state index contributed by atoms with van der Waals surface area (Å²) in [7, 11) is 0. The number of carbonyl (C=O) groups excluding carboxylic acids is 1. The summed E-state index contributed by atoms with van der Waals surface area (Å²) in [6.07, 6.45) is 1.02. The summed E-state index contributed by atoms with van der Waals surface area (Å²) in [5.41, 5.74) is 2.10. The Bertz CT molecular complexity index is 459. The van der Waals surface area contributed by atoms with Gasteiger partial charge in [-0.25, -0.2) is 0 Å². The van der Waals surface area contributed by atoms with Crippen molar-refractivity contribution in [3.8, 4) is 0 Å². The van der Waals surface area contributed by atoms with Gasteiger partial charge in [0.25, 0.3) is 5.91 Å². The van der Waals surface area contributed by atoms with Crippen LogP contribution in [0.3, 0.4) is 0 Å². The van der Waals surface area contributed by atoms with Gasteiger partial charge in [-0.2, -0.15) is 0 Å². The molecule has 2 fully saturated rings. The van der Waals surface area contributed by atoms with Gasteiger partial charge in [0.1, 0.15) is 0 Å². The molecule has 1 N–H and O–H groups in total. The van der Waals surface area contributed by atoms with Crippen LogP contribution >= 0.6 is 0 Å². The van der Waals surface area contributed by atoms with Crippen LogP contribution in [-0.2, 0) is 6.42 Å². The third-order valence-electron chi connectivity index (χ3n) is 4.49. The molecule has 0 unspecified atom stereocenters. The highest BCUT2D eigenvalue weighted by Crippen LogP contribution is 2.13. The van der Waals surface area contributed by atoms with E-state index < -0.39 is 0 Å². The Morgan fingerprint density at radius 1 is 1.15 bits per heavy atom. The number of nitrogens with one attached hydrogen (secondary N) is 1. The molecule has 0 saturated carbocycles. The summed E-state index contributed by atoms with van der Waals surface area (Å²) in [5.74, 6) is 0.180. The van der Waals surface area contributed by atoms with Crippen LogP contribution in [0.2, 0.25) is 0 Å². The molecular weight excluding hydrogens is 250 g/mol. The fourth-order valence-corrected chi connectivity index (χ4v) is 2.89. The van der Waals surface area contributed by atoms with E-state index in [1.165, 1.54) is 5.56 Å². The molecule has 0 spiro atoms. The fourth-order valence-electron chi connectivity index (χ4n) is 2.89. The van der Waals surface area contributed by atoms with Gasteiger partial charge < -0.3 is 10.2 Å². The monoisotopic (exact) mass is 273 g/mol. The number of rotatable bonds is 3. The van der Waals surface area contributed by atoms with Crippen LogP contribution < -0.4 is 5.32 Å².